The summed E-state index contributed by atoms with van der Waals surface area (Å²) < 4.78 is 0. The summed E-state index contributed by atoms with van der Waals surface area (Å²) >= 11 is 0. The van der Waals surface area contributed by atoms with Gasteiger partial charge in [0.15, 0.2) is 0 Å². The first kappa shape index (κ1) is 14.3. The Labute approximate surface area is 119 Å². The summed E-state index contributed by atoms with van der Waals surface area (Å²) in [5.41, 5.74) is 9.28. The lowest BCUT2D eigenvalue weighted by Crippen LogP contribution is -2.41. The number of carbonyl (C=O) groups excluding carboxylic acids is 1. The third-order valence-electron chi connectivity index (χ3n) is 3.18. The Balaban J connectivity index is 1.85. The SMILES string of the molecule is Cc1cccc(CNC(=O)[C@H](N)Cc2ccccc2)c1. The highest BCUT2D eigenvalue weighted by Crippen LogP contribution is 2.04. The summed E-state index contributed by atoms with van der Waals surface area (Å²) in [5, 5.41) is 2.88. The Hall–Kier alpha value is -2.13. The lowest BCUT2D eigenvalue weighted by Gasteiger charge is -2.12. The van der Waals surface area contributed by atoms with Crippen LogP contribution in [0.15, 0.2) is 54.6 Å². The molecular weight excluding hydrogens is 248 g/mol. The molecule has 0 aliphatic carbocycles. The molecule has 0 radical (unpaired) electrons. The molecule has 0 spiro atoms. The van der Waals surface area contributed by atoms with Crippen LogP contribution < -0.4 is 11.1 Å². The fourth-order valence-corrected chi connectivity index (χ4v) is 2.10. The fourth-order valence-electron chi connectivity index (χ4n) is 2.10. The summed E-state index contributed by atoms with van der Waals surface area (Å²) in [5.74, 6) is -0.115. The number of amides is 1. The van der Waals surface area contributed by atoms with E-state index < -0.39 is 6.04 Å². The van der Waals surface area contributed by atoms with Gasteiger partial charge in [0.2, 0.25) is 5.91 Å². The second-order valence-electron chi connectivity index (χ2n) is 5.00. The number of benzene rings is 2. The maximum atomic E-state index is 12.0. The van der Waals surface area contributed by atoms with Crippen LogP contribution in [0.25, 0.3) is 0 Å². The van der Waals surface area contributed by atoms with Gasteiger partial charge >= 0.3 is 0 Å². The number of nitrogens with one attached hydrogen (secondary N) is 1. The molecule has 0 aromatic heterocycles. The van der Waals surface area contributed by atoms with E-state index in [0.717, 1.165) is 11.1 Å². The van der Waals surface area contributed by atoms with Crippen molar-refractivity contribution in [1.29, 1.82) is 0 Å². The van der Waals surface area contributed by atoms with Crippen molar-refractivity contribution >= 4 is 5.91 Å². The summed E-state index contributed by atoms with van der Waals surface area (Å²) in [6.07, 6.45) is 0.556. The molecule has 0 heterocycles. The first-order chi connectivity index (χ1) is 9.65. The highest BCUT2D eigenvalue weighted by molar-refractivity contribution is 5.81. The summed E-state index contributed by atoms with van der Waals surface area (Å²) in [6.45, 7) is 2.55. The van der Waals surface area contributed by atoms with Crippen LogP contribution in [0.1, 0.15) is 16.7 Å². The Morgan fingerprint density at radius 1 is 1.10 bits per heavy atom. The molecule has 1 atom stereocenters. The monoisotopic (exact) mass is 268 g/mol. The van der Waals surface area contributed by atoms with E-state index >= 15 is 0 Å². The minimum atomic E-state index is -0.512. The van der Waals surface area contributed by atoms with E-state index in [-0.39, 0.29) is 5.91 Å². The van der Waals surface area contributed by atoms with E-state index in [1.54, 1.807) is 0 Å². The molecule has 3 N–H and O–H groups in total. The molecule has 0 saturated carbocycles. The van der Waals surface area contributed by atoms with E-state index in [9.17, 15) is 4.79 Å². The van der Waals surface area contributed by atoms with Gasteiger partial charge in [-0.15, -0.1) is 0 Å². The first-order valence-corrected chi connectivity index (χ1v) is 6.78. The zero-order chi connectivity index (χ0) is 14.4. The van der Waals surface area contributed by atoms with Gasteiger partial charge < -0.3 is 11.1 Å². The molecule has 104 valence electrons. The Bertz CT molecular complexity index is 566. The molecule has 0 fully saturated rings. The van der Waals surface area contributed by atoms with Crippen molar-refractivity contribution in [2.75, 3.05) is 0 Å². The van der Waals surface area contributed by atoms with Gasteiger partial charge in [-0.05, 0) is 24.5 Å². The molecule has 0 aliphatic heterocycles. The highest BCUT2D eigenvalue weighted by Gasteiger charge is 2.13. The van der Waals surface area contributed by atoms with Crippen LogP contribution in [-0.2, 0) is 17.8 Å². The standard InChI is InChI=1S/C17H20N2O/c1-13-6-5-9-15(10-13)12-19-17(20)16(18)11-14-7-3-2-4-8-14/h2-10,16H,11-12,18H2,1H3,(H,19,20)/t16-/m1/s1. The lowest BCUT2D eigenvalue weighted by molar-refractivity contribution is -0.122. The quantitative estimate of drug-likeness (QED) is 0.873. The van der Waals surface area contributed by atoms with E-state index in [1.165, 1.54) is 5.56 Å². The zero-order valence-electron chi connectivity index (χ0n) is 11.7. The van der Waals surface area contributed by atoms with Gasteiger partial charge in [0, 0.05) is 6.54 Å². The third kappa shape index (κ3) is 4.21. The van der Waals surface area contributed by atoms with Gasteiger partial charge in [0.1, 0.15) is 0 Å². The molecule has 0 saturated heterocycles. The molecule has 0 aliphatic rings. The minimum absolute atomic E-state index is 0.115. The van der Waals surface area contributed by atoms with Crippen LogP contribution in [0.4, 0.5) is 0 Å². The van der Waals surface area contributed by atoms with Crippen molar-refractivity contribution in [3.05, 3.63) is 71.3 Å². The van der Waals surface area contributed by atoms with Gasteiger partial charge in [0.05, 0.1) is 6.04 Å². The Kier molecular flexibility index (Phi) is 4.91. The van der Waals surface area contributed by atoms with Gasteiger partial charge in [-0.3, -0.25) is 4.79 Å². The van der Waals surface area contributed by atoms with E-state index in [0.29, 0.717) is 13.0 Å². The second kappa shape index (κ2) is 6.87. The third-order valence-corrected chi connectivity index (χ3v) is 3.18. The van der Waals surface area contributed by atoms with Gasteiger partial charge in [-0.25, -0.2) is 0 Å². The zero-order valence-corrected chi connectivity index (χ0v) is 11.7. The van der Waals surface area contributed by atoms with E-state index in [4.69, 9.17) is 5.73 Å². The molecule has 3 nitrogen and oxygen atoms in total. The van der Waals surface area contributed by atoms with Crippen molar-refractivity contribution in [1.82, 2.24) is 5.32 Å². The second-order valence-corrected chi connectivity index (χ2v) is 5.00. The maximum Gasteiger partial charge on any atom is 0.237 e. The Morgan fingerprint density at radius 3 is 2.50 bits per heavy atom. The maximum absolute atomic E-state index is 12.0. The van der Waals surface area contributed by atoms with Crippen LogP contribution in [0.2, 0.25) is 0 Å². The number of aryl methyl sites for hydroxylation is 1. The number of nitrogens with two attached hydrogens (primary N) is 1. The van der Waals surface area contributed by atoms with Crippen LogP contribution in [0.3, 0.4) is 0 Å². The molecular formula is C17H20N2O. The molecule has 3 heteroatoms. The molecule has 2 aromatic carbocycles. The summed E-state index contributed by atoms with van der Waals surface area (Å²) in [4.78, 5) is 12.0. The van der Waals surface area contributed by atoms with Gasteiger partial charge in [-0.1, -0.05) is 60.2 Å². The first-order valence-electron chi connectivity index (χ1n) is 6.78. The fraction of sp³-hybridized carbons (Fsp3) is 0.235. The van der Waals surface area contributed by atoms with Crippen molar-refractivity contribution in [3.8, 4) is 0 Å². The topological polar surface area (TPSA) is 55.1 Å². The van der Waals surface area contributed by atoms with Crippen molar-refractivity contribution in [3.63, 3.8) is 0 Å². The average molecular weight is 268 g/mol. The smallest absolute Gasteiger partial charge is 0.237 e. The van der Waals surface area contributed by atoms with E-state index in [2.05, 4.69) is 11.4 Å². The molecule has 20 heavy (non-hydrogen) atoms. The number of hydrogen-bond acceptors (Lipinski definition) is 2. The van der Waals surface area contributed by atoms with Crippen LogP contribution >= 0.6 is 0 Å². The predicted molar refractivity (Wildman–Crippen MR) is 81.1 cm³/mol. The van der Waals surface area contributed by atoms with Gasteiger partial charge in [-0.2, -0.15) is 0 Å². The molecule has 0 bridgehead atoms. The van der Waals surface area contributed by atoms with Crippen molar-refractivity contribution < 1.29 is 4.79 Å². The van der Waals surface area contributed by atoms with Crippen LogP contribution in [0, 0.1) is 6.92 Å². The van der Waals surface area contributed by atoms with E-state index in [1.807, 2.05) is 55.5 Å². The largest absolute Gasteiger partial charge is 0.351 e. The number of rotatable bonds is 5. The molecule has 1 amide bonds. The summed E-state index contributed by atoms with van der Waals surface area (Å²) in [6, 6.07) is 17.4. The molecule has 0 unspecified atom stereocenters. The Morgan fingerprint density at radius 2 is 1.80 bits per heavy atom. The number of carbonyl (C=O) groups is 1. The normalized spacial score (nSPS) is 11.9. The van der Waals surface area contributed by atoms with Crippen LogP contribution in [-0.4, -0.2) is 11.9 Å². The summed E-state index contributed by atoms with van der Waals surface area (Å²) in [7, 11) is 0. The predicted octanol–water partition coefficient (Wildman–Crippen LogP) is 2.18. The minimum Gasteiger partial charge on any atom is -0.351 e. The van der Waals surface area contributed by atoms with Crippen LogP contribution in [0.5, 0.6) is 0 Å². The van der Waals surface area contributed by atoms with Gasteiger partial charge in [0.25, 0.3) is 0 Å². The lowest BCUT2D eigenvalue weighted by atomic mass is 10.1. The van der Waals surface area contributed by atoms with Crippen molar-refractivity contribution in [2.24, 2.45) is 5.73 Å². The average Bonchev–Trinajstić information content (AvgIpc) is 2.46. The number of hydrogen-bond donors (Lipinski definition) is 2. The van der Waals surface area contributed by atoms with Crippen molar-refractivity contribution in [2.45, 2.75) is 25.9 Å². The molecule has 2 aromatic rings. The molecule has 2 rings (SSSR count). The highest BCUT2D eigenvalue weighted by atomic mass is 16.2.